The third kappa shape index (κ3) is 5.68. The van der Waals surface area contributed by atoms with Gasteiger partial charge in [0.15, 0.2) is 0 Å². The average Bonchev–Trinajstić information content (AvgIpc) is 3.01. The van der Waals surface area contributed by atoms with Gasteiger partial charge in [0.25, 0.3) is 0 Å². The fourth-order valence-electron chi connectivity index (χ4n) is 6.01. The molecule has 6 rings (SSSR count). The highest BCUT2D eigenvalue weighted by atomic mass is 32.2. The van der Waals surface area contributed by atoms with Crippen molar-refractivity contribution < 1.29 is 8.95 Å². The van der Waals surface area contributed by atoms with Gasteiger partial charge in [-0.1, -0.05) is 135 Å². The van der Waals surface area contributed by atoms with E-state index in [1.807, 2.05) is 20.8 Å². The molecule has 2 atom stereocenters. The molecule has 0 aromatic heterocycles. The van der Waals surface area contributed by atoms with Crippen molar-refractivity contribution in [2.45, 2.75) is 57.7 Å². The summed E-state index contributed by atoms with van der Waals surface area (Å²) in [6.07, 6.45) is 0. The van der Waals surface area contributed by atoms with E-state index in [1.54, 1.807) is 0 Å². The number of benzene rings is 5. The molecule has 5 heteroatoms. The van der Waals surface area contributed by atoms with Crippen molar-refractivity contribution in [3.8, 4) is 11.5 Å². The monoisotopic (exact) mass is 617 g/mol. The van der Waals surface area contributed by atoms with Gasteiger partial charge in [-0.05, 0) is 57.4 Å². The quantitative estimate of drug-likeness (QED) is 0.187. The van der Waals surface area contributed by atoms with E-state index in [9.17, 15) is 4.21 Å². The maximum atomic E-state index is 13.6. The smallest absolute Gasteiger partial charge is 0.139 e. The topological polar surface area (TPSA) is 38.3 Å². The van der Waals surface area contributed by atoms with Crippen LogP contribution in [0.25, 0.3) is 0 Å². The van der Waals surface area contributed by atoms with Gasteiger partial charge in [-0.2, -0.15) is 0 Å². The van der Waals surface area contributed by atoms with Crippen molar-refractivity contribution in [2.24, 2.45) is 0 Å². The third-order valence-corrected chi connectivity index (χ3v) is 12.5. The zero-order valence-corrected chi connectivity index (χ0v) is 28.0. The van der Waals surface area contributed by atoms with Crippen LogP contribution in [0.2, 0.25) is 0 Å². The first-order valence-corrected chi connectivity index (χ1v) is 17.6. The molecule has 0 unspecified atom stereocenters. The summed E-state index contributed by atoms with van der Waals surface area (Å²) in [6.45, 7) is 12.7. The molecule has 1 aliphatic heterocycles. The van der Waals surface area contributed by atoms with Crippen molar-refractivity contribution >= 4 is 34.8 Å². The van der Waals surface area contributed by atoms with Gasteiger partial charge in [-0.3, -0.25) is 0 Å². The molecule has 0 bridgehead atoms. The fourth-order valence-corrected chi connectivity index (χ4v) is 9.23. The van der Waals surface area contributed by atoms with Gasteiger partial charge in [0.2, 0.25) is 0 Å². The minimum atomic E-state index is -1.31. The van der Waals surface area contributed by atoms with Gasteiger partial charge in [-0.25, -0.2) is 8.93 Å². The van der Waals surface area contributed by atoms with Crippen molar-refractivity contribution in [1.29, 1.82) is 0 Å². The molecule has 3 nitrogen and oxygen atoms in total. The predicted molar refractivity (Wildman–Crippen MR) is 188 cm³/mol. The SMILES string of the molecule is Cc1ccccc1[C@H](N[S@](=O)C(C)(C)C)c1cccc2c1Oc1c(P(c3ccccc3)c3ccccc3)cccc1C2(C)C. The molecule has 0 aliphatic carbocycles. The van der Waals surface area contributed by atoms with E-state index in [-0.39, 0.29) is 11.5 Å². The molecule has 5 aromatic rings. The first-order valence-electron chi connectivity index (χ1n) is 15.2. The van der Waals surface area contributed by atoms with E-state index in [1.165, 1.54) is 21.5 Å². The van der Waals surface area contributed by atoms with E-state index in [0.29, 0.717) is 0 Å². The van der Waals surface area contributed by atoms with Gasteiger partial charge in [0.1, 0.15) is 11.5 Å². The highest BCUT2D eigenvalue weighted by Crippen LogP contribution is 2.52. The lowest BCUT2D eigenvalue weighted by atomic mass is 9.74. The van der Waals surface area contributed by atoms with Crippen molar-refractivity contribution in [2.75, 3.05) is 0 Å². The number of ether oxygens (including phenoxy) is 1. The summed E-state index contributed by atoms with van der Waals surface area (Å²) in [7, 11) is -2.19. The van der Waals surface area contributed by atoms with Crippen molar-refractivity contribution in [1.82, 2.24) is 4.72 Å². The number of hydrogen-bond acceptors (Lipinski definition) is 2. The highest BCUT2D eigenvalue weighted by molar-refractivity contribution is 7.84. The Balaban J connectivity index is 1.56. The lowest BCUT2D eigenvalue weighted by molar-refractivity contribution is 0.413. The Hall–Kier alpha value is -3.56. The van der Waals surface area contributed by atoms with E-state index in [4.69, 9.17) is 4.74 Å². The maximum Gasteiger partial charge on any atom is 0.139 e. The van der Waals surface area contributed by atoms with Gasteiger partial charge in [0.05, 0.1) is 21.8 Å². The number of nitrogens with one attached hydrogen (secondary N) is 1. The summed E-state index contributed by atoms with van der Waals surface area (Å²) in [4.78, 5) is 0. The average molecular weight is 618 g/mol. The Bertz CT molecular complexity index is 1770. The Morgan fingerprint density at radius 3 is 1.80 bits per heavy atom. The van der Waals surface area contributed by atoms with Crippen LogP contribution < -0.4 is 25.4 Å². The second-order valence-electron chi connectivity index (χ2n) is 12.9. The highest BCUT2D eigenvalue weighted by Gasteiger charge is 2.39. The minimum Gasteiger partial charge on any atom is -0.456 e. The van der Waals surface area contributed by atoms with E-state index in [2.05, 4.69) is 147 Å². The number of aryl methyl sites for hydroxylation is 1. The van der Waals surface area contributed by atoms with Crippen LogP contribution in [-0.4, -0.2) is 8.96 Å². The Labute approximate surface area is 266 Å². The summed E-state index contributed by atoms with van der Waals surface area (Å²) >= 11 is 0. The van der Waals surface area contributed by atoms with Crippen LogP contribution in [-0.2, 0) is 16.4 Å². The van der Waals surface area contributed by atoms with Crippen LogP contribution >= 0.6 is 7.92 Å². The molecule has 5 aromatic carbocycles. The zero-order chi connectivity index (χ0) is 31.1. The van der Waals surface area contributed by atoms with Crippen molar-refractivity contribution in [3.63, 3.8) is 0 Å². The predicted octanol–water partition coefficient (Wildman–Crippen LogP) is 8.33. The van der Waals surface area contributed by atoms with E-state index < -0.39 is 23.7 Å². The van der Waals surface area contributed by atoms with Gasteiger partial charge < -0.3 is 4.74 Å². The largest absolute Gasteiger partial charge is 0.456 e. The van der Waals surface area contributed by atoms with Gasteiger partial charge >= 0.3 is 0 Å². The summed E-state index contributed by atoms with van der Waals surface area (Å²) in [6, 6.07) is 42.6. The number of fused-ring (bicyclic) bond motifs is 2. The Morgan fingerprint density at radius 2 is 1.20 bits per heavy atom. The van der Waals surface area contributed by atoms with Crippen LogP contribution in [0.1, 0.15) is 68.5 Å². The fraction of sp³-hybridized carbons (Fsp3) is 0.231. The molecule has 0 radical (unpaired) electrons. The summed E-state index contributed by atoms with van der Waals surface area (Å²) in [5.74, 6) is 1.77. The summed E-state index contributed by atoms with van der Waals surface area (Å²) in [5.41, 5.74) is 5.22. The molecule has 44 heavy (non-hydrogen) atoms. The normalized spacial score (nSPS) is 15.2. The lowest BCUT2D eigenvalue weighted by Crippen LogP contribution is -2.37. The summed E-state index contributed by atoms with van der Waals surface area (Å²) < 4.78 is 23.9. The second kappa shape index (κ2) is 12.1. The minimum absolute atomic E-state index is 0.317. The third-order valence-electron chi connectivity index (χ3n) is 8.45. The molecule has 1 aliphatic rings. The summed E-state index contributed by atoms with van der Waals surface area (Å²) in [5, 5.41) is 3.76. The van der Waals surface area contributed by atoms with E-state index >= 15 is 0 Å². The maximum absolute atomic E-state index is 13.6. The molecule has 0 fully saturated rings. The van der Waals surface area contributed by atoms with E-state index in [0.717, 1.165) is 33.8 Å². The van der Waals surface area contributed by atoms with Crippen LogP contribution in [0.5, 0.6) is 11.5 Å². The molecular weight excluding hydrogens is 577 g/mol. The van der Waals surface area contributed by atoms with Crippen LogP contribution in [0.4, 0.5) is 0 Å². The Kier molecular flexibility index (Phi) is 8.37. The molecule has 0 saturated carbocycles. The van der Waals surface area contributed by atoms with Gasteiger partial charge in [-0.15, -0.1) is 0 Å². The molecule has 1 heterocycles. The number of para-hydroxylation sites is 2. The molecule has 0 amide bonds. The van der Waals surface area contributed by atoms with Crippen LogP contribution in [0, 0.1) is 6.92 Å². The Morgan fingerprint density at radius 1 is 0.682 bits per heavy atom. The molecular formula is C39H40NO2PS. The first kappa shape index (κ1) is 30.5. The lowest BCUT2D eigenvalue weighted by Gasteiger charge is -2.38. The zero-order valence-electron chi connectivity index (χ0n) is 26.3. The van der Waals surface area contributed by atoms with Crippen molar-refractivity contribution in [3.05, 3.63) is 149 Å². The standard InChI is InChI=1S/C39H40NO2PS/c1-27-17-13-14-22-30(27)35(40-44(41)38(2,3)4)31-23-15-24-32-36(31)42-37-33(39(32,5)6)25-16-26-34(37)43(28-18-9-7-10-19-28)29-20-11-8-12-21-29/h7-26,35,40H,1-6H3/t35-,44+/m0/s1. The number of hydrogen-bond donors (Lipinski definition) is 1. The molecule has 0 saturated heterocycles. The van der Waals surface area contributed by atoms with Gasteiger partial charge in [0, 0.05) is 27.4 Å². The molecule has 1 N–H and O–H groups in total. The first-order chi connectivity index (χ1) is 21.1. The van der Waals surface area contributed by atoms with Crippen LogP contribution in [0.3, 0.4) is 0 Å². The molecule has 224 valence electrons. The second-order valence-corrected chi connectivity index (χ2v) is 17.1. The number of rotatable bonds is 7. The van der Waals surface area contributed by atoms with Crippen LogP contribution in [0.15, 0.2) is 121 Å². The molecule has 0 spiro atoms.